The number of aryl methyl sites for hydroxylation is 2. The molecule has 1 aromatic rings. The highest BCUT2D eigenvalue weighted by Crippen LogP contribution is 2.23. The minimum Gasteiger partial charge on any atom is -0.475 e. The highest BCUT2D eigenvalue weighted by atomic mass is 35.5. The first-order valence-electron chi connectivity index (χ1n) is 6.18. The van der Waals surface area contributed by atoms with Crippen molar-refractivity contribution in [2.45, 2.75) is 46.4 Å². The summed E-state index contributed by atoms with van der Waals surface area (Å²) in [5.74, 6) is 0.931. The van der Waals surface area contributed by atoms with Crippen LogP contribution in [0.3, 0.4) is 0 Å². The smallest absolute Gasteiger partial charge is 0.147 e. The summed E-state index contributed by atoms with van der Waals surface area (Å²) < 4.78 is 5.89. The van der Waals surface area contributed by atoms with E-state index >= 15 is 0 Å². The van der Waals surface area contributed by atoms with Crippen LogP contribution < -0.4 is 10.1 Å². The number of benzene rings is 1. The average Bonchev–Trinajstić information content (AvgIpc) is 2.31. The number of nitrogens with one attached hydrogen (secondary N) is 1. The first-order valence-corrected chi connectivity index (χ1v) is 6.18. The number of rotatable bonds is 6. The predicted molar refractivity (Wildman–Crippen MR) is 77.6 cm³/mol. The maximum atomic E-state index is 9.13. The molecule has 2 N–H and O–H groups in total. The van der Waals surface area contributed by atoms with Gasteiger partial charge in [-0.15, -0.1) is 12.4 Å². The molecule has 4 heteroatoms. The van der Waals surface area contributed by atoms with Gasteiger partial charge in [0, 0.05) is 6.04 Å². The van der Waals surface area contributed by atoms with Crippen LogP contribution >= 0.6 is 12.4 Å². The molecule has 2 atom stereocenters. The Morgan fingerprint density at radius 2 is 1.83 bits per heavy atom. The highest BCUT2D eigenvalue weighted by Gasteiger charge is 2.12. The molecule has 0 saturated heterocycles. The number of halogens is 1. The Kier molecular flexibility index (Phi) is 8.00. The highest BCUT2D eigenvalue weighted by molar-refractivity contribution is 5.85. The van der Waals surface area contributed by atoms with Crippen molar-refractivity contribution < 1.29 is 9.84 Å². The van der Waals surface area contributed by atoms with E-state index in [1.54, 1.807) is 0 Å². The van der Waals surface area contributed by atoms with Crippen molar-refractivity contribution in [1.82, 2.24) is 5.32 Å². The van der Waals surface area contributed by atoms with Crippen LogP contribution in [0.15, 0.2) is 18.2 Å². The molecule has 0 bridgehead atoms. The third-order valence-corrected chi connectivity index (χ3v) is 2.89. The van der Waals surface area contributed by atoms with Gasteiger partial charge in [-0.2, -0.15) is 0 Å². The van der Waals surface area contributed by atoms with Crippen molar-refractivity contribution in [3.8, 4) is 5.75 Å². The van der Waals surface area contributed by atoms with Crippen LogP contribution in [0.5, 0.6) is 5.75 Å². The lowest BCUT2D eigenvalue weighted by Crippen LogP contribution is -2.41. The number of ether oxygens (including phenoxy) is 1. The molecular weight excluding hydrogens is 250 g/mol. The zero-order valence-electron chi connectivity index (χ0n) is 11.6. The molecule has 1 aromatic carbocycles. The Morgan fingerprint density at radius 1 is 1.28 bits per heavy atom. The average molecular weight is 274 g/mol. The van der Waals surface area contributed by atoms with Gasteiger partial charge in [0.1, 0.15) is 12.0 Å². The van der Waals surface area contributed by atoms with Crippen molar-refractivity contribution in [1.29, 1.82) is 0 Å². The Morgan fingerprint density at radius 3 is 2.28 bits per heavy atom. The lowest BCUT2D eigenvalue weighted by Gasteiger charge is -2.23. The topological polar surface area (TPSA) is 41.5 Å². The maximum absolute atomic E-state index is 9.13. The van der Waals surface area contributed by atoms with Crippen LogP contribution in [-0.4, -0.2) is 24.0 Å². The van der Waals surface area contributed by atoms with Crippen molar-refractivity contribution >= 4 is 12.4 Å². The van der Waals surface area contributed by atoms with Crippen molar-refractivity contribution in [3.63, 3.8) is 0 Å². The van der Waals surface area contributed by atoms with Crippen LogP contribution in [0.1, 0.15) is 31.4 Å². The molecular formula is C14H24ClNO2. The van der Waals surface area contributed by atoms with Crippen LogP contribution in [0.2, 0.25) is 0 Å². The molecule has 0 aliphatic heterocycles. The standard InChI is InChI=1S/C14H23NO2.ClH/c1-5-13(9-16)15-12(4)17-14-10(2)7-6-8-11(14)3;/h6-8,12-13,15-16H,5,9H2,1-4H3;1H. The summed E-state index contributed by atoms with van der Waals surface area (Å²) in [5, 5.41) is 12.4. The fourth-order valence-electron chi connectivity index (χ4n) is 1.83. The van der Waals surface area contributed by atoms with E-state index in [1.807, 2.05) is 45.9 Å². The van der Waals surface area contributed by atoms with Gasteiger partial charge in [0.2, 0.25) is 0 Å². The molecule has 104 valence electrons. The quantitative estimate of drug-likeness (QED) is 0.783. The van der Waals surface area contributed by atoms with Crippen LogP contribution in [0, 0.1) is 13.8 Å². The number of hydrogen-bond acceptors (Lipinski definition) is 3. The van der Waals surface area contributed by atoms with Gasteiger partial charge in [0.15, 0.2) is 0 Å². The summed E-state index contributed by atoms with van der Waals surface area (Å²) in [4.78, 5) is 0. The molecule has 0 saturated carbocycles. The first-order chi connectivity index (χ1) is 8.08. The summed E-state index contributed by atoms with van der Waals surface area (Å²) in [6.07, 6.45) is 0.781. The largest absolute Gasteiger partial charge is 0.475 e. The monoisotopic (exact) mass is 273 g/mol. The van der Waals surface area contributed by atoms with Gasteiger partial charge in [0.25, 0.3) is 0 Å². The van der Waals surface area contributed by atoms with Gasteiger partial charge in [-0.1, -0.05) is 25.1 Å². The Bertz CT molecular complexity index is 333. The number of hydrogen-bond donors (Lipinski definition) is 2. The maximum Gasteiger partial charge on any atom is 0.147 e. The summed E-state index contributed by atoms with van der Waals surface area (Å²) in [6.45, 7) is 8.22. The van der Waals surface area contributed by atoms with E-state index in [4.69, 9.17) is 9.84 Å². The molecule has 0 aliphatic carbocycles. The predicted octanol–water partition coefficient (Wildman–Crippen LogP) is 2.81. The fraction of sp³-hybridized carbons (Fsp3) is 0.571. The minimum atomic E-state index is -0.105. The molecule has 0 fully saturated rings. The van der Waals surface area contributed by atoms with E-state index in [0.29, 0.717) is 0 Å². The molecule has 0 radical (unpaired) electrons. The van der Waals surface area contributed by atoms with Crippen LogP contribution in [0.4, 0.5) is 0 Å². The van der Waals surface area contributed by atoms with Gasteiger partial charge in [0.05, 0.1) is 6.61 Å². The Balaban J connectivity index is 0.00000289. The number of aliphatic hydroxyl groups excluding tert-OH is 1. The molecule has 3 nitrogen and oxygen atoms in total. The van der Waals surface area contributed by atoms with Crippen molar-refractivity contribution in [3.05, 3.63) is 29.3 Å². The van der Waals surface area contributed by atoms with E-state index < -0.39 is 0 Å². The van der Waals surface area contributed by atoms with E-state index in [2.05, 4.69) is 5.32 Å². The van der Waals surface area contributed by atoms with E-state index in [9.17, 15) is 0 Å². The third-order valence-electron chi connectivity index (χ3n) is 2.89. The zero-order valence-corrected chi connectivity index (χ0v) is 12.4. The Labute approximate surface area is 116 Å². The minimum absolute atomic E-state index is 0. The first kappa shape index (κ1) is 17.2. The molecule has 1 rings (SSSR count). The van der Waals surface area contributed by atoms with Gasteiger partial charge >= 0.3 is 0 Å². The SMILES string of the molecule is CCC(CO)NC(C)Oc1c(C)cccc1C.Cl. The zero-order chi connectivity index (χ0) is 12.8. The second-order valence-corrected chi connectivity index (χ2v) is 4.44. The molecule has 2 unspecified atom stereocenters. The van der Waals surface area contributed by atoms with Crippen molar-refractivity contribution in [2.75, 3.05) is 6.61 Å². The van der Waals surface area contributed by atoms with E-state index in [0.717, 1.165) is 23.3 Å². The van der Waals surface area contributed by atoms with Gasteiger partial charge < -0.3 is 9.84 Å². The van der Waals surface area contributed by atoms with Crippen LogP contribution in [0.25, 0.3) is 0 Å². The summed E-state index contributed by atoms with van der Waals surface area (Å²) in [6, 6.07) is 6.20. The van der Waals surface area contributed by atoms with E-state index in [-0.39, 0.29) is 31.3 Å². The lowest BCUT2D eigenvalue weighted by molar-refractivity contribution is 0.136. The van der Waals surface area contributed by atoms with Gasteiger partial charge in [-0.25, -0.2) is 0 Å². The molecule has 0 spiro atoms. The molecule has 0 heterocycles. The third kappa shape index (κ3) is 4.84. The van der Waals surface area contributed by atoms with E-state index in [1.165, 1.54) is 0 Å². The molecule has 0 aliphatic rings. The number of para-hydroxylation sites is 1. The molecule has 0 amide bonds. The normalized spacial score (nSPS) is 13.6. The van der Waals surface area contributed by atoms with Crippen molar-refractivity contribution in [2.24, 2.45) is 0 Å². The summed E-state index contributed by atoms with van der Waals surface area (Å²) >= 11 is 0. The number of aliphatic hydroxyl groups is 1. The second kappa shape index (κ2) is 8.35. The molecule has 18 heavy (non-hydrogen) atoms. The summed E-state index contributed by atoms with van der Waals surface area (Å²) in [5.41, 5.74) is 2.27. The molecule has 0 aromatic heterocycles. The second-order valence-electron chi connectivity index (χ2n) is 4.44. The lowest BCUT2D eigenvalue weighted by atomic mass is 10.1. The van der Waals surface area contributed by atoms with Gasteiger partial charge in [-0.05, 0) is 38.3 Å². The fourth-order valence-corrected chi connectivity index (χ4v) is 1.83. The van der Waals surface area contributed by atoms with Crippen LogP contribution in [-0.2, 0) is 0 Å². The summed E-state index contributed by atoms with van der Waals surface area (Å²) in [7, 11) is 0. The van der Waals surface area contributed by atoms with Gasteiger partial charge in [-0.3, -0.25) is 5.32 Å². The Hall–Kier alpha value is -0.770.